The minimum Gasteiger partial charge on any atom is -0.490 e. The van der Waals surface area contributed by atoms with E-state index in [1.807, 2.05) is 32.0 Å². The van der Waals surface area contributed by atoms with Gasteiger partial charge in [0.25, 0.3) is 0 Å². The summed E-state index contributed by atoms with van der Waals surface area (Å²) < 4.78 is 18.5. The zero-order valence-electron chi connectivity index (χ0n) is 18.6. The van der Waals surface area contributed by atoms with Gasteiger partial charge in [0.1, 0.15) is 12.4 Å². The second kappa shape index (κ2) is 11.6. The number of carboxylic acids is 1. The smallest absolute Gasteiger partial charge is 0.356 e. The first-order chi connectivity index (χ1) is 16.0. The Bertz CT molecular complexity index is 1080. The van der Waals surface area contributed by atoms with Gasteiger partial charge < -0.3 is 24.6 Å². The maximum Gasteiger partial charge on any atom is 0.356 e. The lowest BCUT2D eigenvalue weighted by Crippen LogP contribution is -2.15. The number of hydrogen-bond donors (Lipinski definition) is 2. The number of aromatic nitrogens is 2. The number of nitrogens with zero attached hydrogens (tertiary/aromatic N) is 2. The van der Waals surface area contributed by atoms with Gasteiger partial charge in [0, 0.05) is 24.8 Å². The largest absolute Gasteiger partial charge is 0.490 e. The molecule has 0 unspecified atom stereocenters. The van der Waals surface area contributed by atoms with Crippen LogP contribution in [0.2, 0.25) is 0 Å². The van der Waals surface area contributed by atoms with Crippen LogP contribution in [0.1, 0.15) is 36.3 Å². The number of aromatic carboxylic acids is 1. The third kappa shape index (κ3) is 6.99. The van der Waals surface area contributed by atoms with Crippen LogP contribution in [0.15, 0.2) is 54.7 Å². The molecule has 0 spiro atoms. The number of anilines is 1. The quantitative estimate of drug-likeness (QED) is 0.426. The Labute approximate surface area is 191 Å². The van der Waals surface area contributed by atoms with Crippen molar-refractivity contribution in [3.63, 3.8) is 0 Å². The molecule has 1 heterocycles. The topological polar surface area (TPSA) is 112 Å². The number of carbonyl (C=O) groups is 2. The molecule has 1 amide bonds. The first kappa shape index (κ1) is 23.6. The number of hydrogen-bond acceptors (Lipinski definition) is 6. The summed E-state index contributed by atoms with van der Waals surface area (Å²) in [5.41, 5.74) is 1.54. The van der Waals surface area contributed by atoms with Gasteiger partial charge in [-0.1, -0.05) is 6.07 Å². The number of carboxylic acid groups (broad SMARTS) is 1. The van der Waals surface area contributed by atoms with Gasteiger partial charge >= 0.3 is 5.97 Å². The number of amides is 1. The van der Waals surface area contributed by atoms with Gasteiger partial charge in [-0.3, -0.25) is 9.48 Å². The highest BCUT2D eigenvalue weighted by Crippen LogP contribution is 2.29. The van der Waals surface area contributed by atoms with E-state index in [1.54, 1.807) is 24.3 Å². The highest BCUT2D eigenvalue weighted by Gasteiger charge is 2.09. The Hall–Kier alpha value is -4.01. The third-order valence-electron chi connectivity index (χ3n) is 4.58. The highest BCUT2D eigenvalue weighted by atomic mass is 16.5. The van der Waals surface area contributed by atoms with E-state index < -0.39 is 5.97 Å². The molecule has 3 rings (SSSR count). The molecule has 0 fully saturated rings. The average molecular weight is 453 g/mol. The molecule has 9 nitrogen and oxygen atoms in total. The molecular weight excluding hydrogens is 426 g/mol. The SMILES string of the molecule is CCOc1ccc(COc2ccc(NC(=O)CCn3ccc(C(=O)O)n3)cc2)cc1OCC. The van der Waals surface area contributed by atoms with E-state index in [-0.39, 0.29) is 24.6 Å². The van der Waals surface area contributed by atoms with Crippen molar-refractivity contribution in [3.8, 4) is 17.2 Å². The lowest BCUT2D eigenvalue weighted by atomic mass is 10.2. The second-order valence-electron chi connectivity index (χ2n) is 7.03. The van der Waals surface area contributed by atoms with Crippen molar-refractivity contribution in [2.45, 2.75) is 33.4 Å². The van der Waals surface area contributed by atoms with Gasteiger partial charge in [-0.15, -0.1) is 0 Å². The van der Waals surface area contributed by atoms with Crippen molar-refractivity contribution in [1.82, 2.24) is 9.78 Å². The Morgan fingerprint density at radius 3 is 2.36 bits per heavy atom. The van der Waals surface area contributed by atoms with Crippen LogP contribution in [0.25, 0.3) is 0 Å². The van der Waals surface area contributed by atoms with Crippen molar-refractivity contribution in [3.05, 3.63) is 66.0 Å². The fourth-order valence-electron chi connectivity index (χ4n) is 3.03. The molecule has 9 heteroatoms. The number of ether oxygens (including phenoxy) is 3. The van der Waals surface area contributed by atoms with Gasteiger partial charge in [-0.25, -0.2) is 4.79 Å². The molecule has 33 heavy (non-hydrogen) atoms. The summed E-state index contributed by atoms with van der Waals surface area (Å²) in [6.45, 7) is 5.60. The van der Waals surface area contributed by atoms with Crippen molar-refractivity contribution >= 4 is 17.6 Å². The summed E-state index contributed by atoms with van der Waals surface area (Å²) >= 11 is 0. The molecular formula is C24H27N3O6. The number of carbonyl (C=O) groups excluding carboxylic acids is 1. The molecule has 0 aliphatic heterocycles. The van der Waals surface area contributed by atoms with Crippen molar-refractivity contribution < 1.29 is 28.9 Å². The van der Waals surface area contributed by atoms with Gasteiger partial charge in [0.15, 0.2) is 17.2 Å². The summed E-state index contributed by atoms with van der Waals surface area (Å²) in [7, 11) is 0. The number of aryl methyl sites for hydroxylation is 1. The Kier molecular flexibility index (Phi) is 8.29. The molecule has 0 radical (unpaired) electrons. The fourth-order valence-corrected chi connectivity index (χ4v) is 3.03. The van der Waals surface area contributed by atoms with E-state index in [4.69, 9.17) is 19.3 Å². The summed E-state index contributed by atoms with van der Waals surface area (Å²) in [4.78, 5) is 23.0. The van der Waals surface area contributed by atoms with E-state index in [0.717, 1.165) is 5.56 Å². The van der Waals surface area contributed by atoms with Crippen LogP contribution in [-0.2, 0) is 17.9 Å². The Morgan fingerprint density at radius 2 is 1.70 bits per heavy atom. The van der Waals surface area contributed by atoms with Crippen molar-refractivity contribution in [2.24, 2.45) is 0 Å². The minimum absolute atomic E-state index is 0.0506. The van der Waals surface area contributed by atoms with E-state index in [0.29, 0.717) is 42.8 Å². The maximum atomic E-state index is 12.2. The number of nitrogens with one attached hydrogen (secondary N) is 1. The first-order valence-electron chi connectivity index (χ1n) is 10.7. The minimum atomic E-state index is -1.10. The summed E-state index contributed by atoms with van der Waals surface area (Å²) in [6.07, 6.45) is 1.70. The van der Waals surface area contributed by atoms with Crippen LogP contribution in [0.3, 0.4) is 0 Å². The first-order valence-corrected chi connectivity index (χ1v) is 10.7. The van der Waals surface area contributed by atoms with Crippen molar-refractivity contribution in [2.75, 3.05) is 18.5 Å². The Morgan fingerprint density at radius 1 is 0.970 bits per heavy atom. The van der Waals surface area contributed by atoms with E-state index in [2.05, 4.69) is 10.4 Å². The van der Waals surface area contributed by atoms with Gasteiger partial charge in [-0.2, -0.15) is 5.10 Å². The van der Waals surface area contributed by atoms with Crippen LogP contribution in [0.5, 0.6) is 17.2 Å². The number of benzene rings is 2. The lowest BCUT2D eigenvalue weighted by Gasteiger charge is -2.13. The average Bonchev–Trinajstić information content (AvgIpc) is 3.29. The van der Waals surface area contributed by atoms with E-state index >= 15 is 0 Å². The lowest BCUT2D eigenvalue weighted by molar-refractivity contribution is -0.116. The molecule has 1 aromatic heterocycles. The summed E-state index contributed by atoms with van der Waals surface area (Å²) in [6, 6.07) is 14.2. The predicted molar refractivity (Wildman–Crippen MR) is 122 cm³/mol. The van der Waals surface area contributed by atoms with E-state index in [9.17, 15) is 9.59 Å². The molecule has 0 saturated heterocycles. The standard InChI is InChI=1S/C24H27N3O6/c1-3-31-21-10-5-17(15-22(21)32-4-2)16-33-19-8-6-18(7-9-19)25-23(28)12-14-27-13-11-20(26-27)24(29)30/h5-11,13,15H,3-4,12,14,16H2,1-2H3,(H,25,28)(H,29,30). The van der Waals surface area contributed by atoms with E-state index in [1.165, 1.54) is 16.9 Å². The molecule has 0 saturated carbocycles. The van der Waals surface area contributed by atoms with Gasteiger partial charge in [0.05, 0.1) is 13.2 Å². The molecule has 0 aliphatic carbocycles. The number of rotatable bonds is 12. The molecule has 0 bridgehead atoms. The zero-order valence-corrected chi connectivity index (χ0v) is 18.6. The molecule has 2 N–H and O–H groups in total. The molecule has 0 atom stereocenters. The summed E-state index contributed by atoms with van der Waals surface area (Å²) in [5, 5.41) is 15.6. The molecule has 174 valence electrons. The Balaban J connectivity index is 1.49. The highest BCUT2D eigenvalue weighted by molar-refractivity contribution is 5.90. The molecule has 2 aromatic carbocycles. The van der Waals surface area contributed by atoms with Crippen LogP contribution < -0.4 is 19.5 Å². The maximum absolute atomic E-state index is 12.2. The van der Waals surface area contributed by atoms with Crippen LogP contribution >= 0.6 is 0 Å². The predicted octanol–water partition coefficient (Wildman–Crippen LogP) is 3.99. The van der Waals surface area contributed by atoms with Gasteiger partial charge in [-0.05, 0) is 61.9 Å². The normalized spacial score (nSPS) is 10.5. The van der Waals surface area contributed by atoms with Crippen LogP contribution in [-0.4, -0.2) is 40.0 Å². The summed E-state index contributed by atoms with van der Waals surface area (Å²) in [5.74, 6) is 0.759. The van der Waals surface area contributed by atoms with Crippen molar-refractivity contribution in [1.29, 1.82) is 0 Å². The third-order valence-corrected chi connectivity index (χ3v) is 4.58. The monoisotopic (exact) mass is 453 g/mol. The zero-order chi connectivity index (χ0) is 23.6. The van der Waals surface area contributed by atoms with Crippen LogP contribution in [0, 0.1) is 0 Å². The van der Waals surface area contributed by atoms with Crippen LogP contribution in [0.4, 0.5) is 5.69 Å². The molecule has 0 aliphatic rings. The fraction of sp³-hybridized carbons (Fsp3) is 0.292. The second-order valence-corrected chi connectivity index (χ2v) is 7.03. The van der Waals surface area contributed by atoms with Gasteiger partial charge in [0.2, 0.25) is 5.91 Å². The molecule has 3 aromatic rings.